The smallest absolute Gasteiger partial charge is 0.245 e. The second-order valence-electron chi connectivity index (χ2n) is 7.14. The van der Waals surface area contributed by atoms with E-state index in [1.54, 1.807) is 19.4 Å². The first-order valence-corrected chi connectivity index (χ1v) is 9.34. The first-order chi connectivity index (χ1) is 12.2. The van der Waals surface area contributed by atoms with Crippen LogP contribution in [0.15, 0.2) is 24.5 Å². The molecule has 1 aliphatic carbocycles. The number of rotatable bonds is 5. The molecule has 0 unspecified atom stereocenters. The van der Waals surface area contributed by atoms with Gasteiger partial charge in [0.25, 0.3) is 0 Å². The number of pyridine rings is 1. The van der Waals surface area contributed by atoms with Crippen molar-refractivity contribution in [3.8, 4) is 0 Å². The number of amides is 2. The highest BCUT2D eigenvalue weighted by Crippen LogP contribution is 2.31. The molecule has 0 spiro atoms. The highest BCUT2D eigenvalue weighted by atomic mass is 16.2. The van der Waals surface area contributed by atoms with E-state index < -0.39 is 5.54 Å². The van der Waals surface area contributed by atoms with Crippen molar-refractivity contribution in [2.24, 2.45) is 0 Å². The maximum Gasteiger partial charge on any atom is 0.245 e. The van der Waals surface area contributed by atoms with Crippen LogP contribution in [0.4, 0.5) is 0 Å². The zero-order valence-electron chi connectivity index (χ0n) is 15.0. The molecule has 0 aromatic carbocycles. The van der Waals surface area contributed by atoms with Crippen LogP contribution in [-0.2, 0) is 9.59 Å². The molecule has 3 rings (SSSR count). The van der Waals surface area contributed by atoms with Crippen molar-refractivity contribution < 1.29 is 9.59 Å². The van der Waals surface area contributed by atoms with Gasteiger partial charge in [-0.05, 0) is 50.4 Å². The Labute approximate surface area is 149 Å². The quantitative estimate of drug-likeness (QED) is 0.854. The van der Waals surface area contributed by atoms with E-state index in [9.17, 15) is 9.59 Å². The summed E-state index contributed by atoms with van der Waals surface area (Å²) in [5.74, 6) is -0.160. The van der Waals surface area contributed by atoms with Gasteiger partial charge in [0.2, 0.25) is 11.8 Å². The average molecular weight is 344 g/mol. The van der Waals surface area contributed by atoms with E-state index in [4.69, 9.17) is 0 Å². The van der Waals surface area contributed by atoms with Crippen LogP contribution >= 0.6 is 0 Å². The molecule has 0 bridgehead atoms. The lowest BCUT2D eigenvalue weighted by molar-refractivity contribution is -0.137. The number of likely N-dealkylation sites (tertiary alicyclic amines) is 1. The molecule has 2 aliphatic rings. The molecule has 6 heteroatoms. The second kappa shape index (κ2) is 7.95. The van der Waals surface area contributed by atoms with Crippen molar-refractivity contribution >= 4 is 11.8 Å². The molecule has 25 heavy (non-hydrogen) atoms. The van der Waals surface area contributed by atoms with Gasteiger partial charge in [-0.25, -0.2) is 0 Å². The van der Waals surface area contributed by atoms with Crippen LogP contribution in [0.25, 0.3) is 0 Å². The van der Waals surface area contributed by atoms with E-state index in [1.807, 2.05) is 12.1 Å². The Balaban J connectivity index is 1.85. The van der Waals surface area contributed by atoms with E-state index in [-0.39, 0.29) is 17.9 Å². The normalized spacial score (nSPS) is 21.5. The number of carbonyl (C=O) groups excluding carboxylic acids is 2. The molecule has 1 saturated heterocycles. The van der Waals surface area contributed by atoms with Crippen LogP contribution in [0.2, 0.25) is 0 Å². The van der Waals surface area contributed by atoms with Crippen molar-refractivity contribution in [3.63, 3.8) is 0 Å². The Kier molecular flexibility index (Phi) is 5.68. The summed E-state index contributed by atoms with van der Waals surface area (Å²) in [5.41, 5.74) is 0.120. The second-order valence-corrected chi connectivity index (χ2v) is 7.14. The molecule has 1 saturated carbocycles. The Morgan fingerprint density at radius 2 is 1.88 bits per heavy atom. The zero-order chi connectivity index (χ0) is 17.7. The standard InChI is InChI=1S/C19H28N4O2/c1-20-18(25)19(9-3-2-4-10-19)22-17(24)16(23-12-5-6-13-23)15-8-7-11-21-14-15/h7-8,11,14,16H,2-6,9-10,12-13H2,1H3,(H,20,25)(H,22,24)/t16-/m0/s1. The van der Waals surface area contributed by atoms with Gasteiger partial charge < -0.3 is 10.6 Å². The fraction of sp³-hybridized carbons (Fsp3) is 0.632. The van der Waals surface area contributed by atoms with E-state index in [0.717, 1.165) is 50.8 Å². The number of aromatic nitrogens is 1. The Morgan fingerprint density at radius 1 is 1.16 bits per heavy atom. The third-order valence-electron chi connectivity index (χ3n) is 5.49. The summed E-state index contributed by atoms with van der Waals surface area (Å²) in [5, 5.41) is 5.89. The van der Waals surface area contributed by atoms with Crippen molar-refractivity contribution in [3.05, 3.63) is 30.1 Å². The van der Waals surface area contributed by atoms with Gasteiger partial charge >= 0.3 is 0 Å². The lowest BCUT2D eigenvalue weighted by Gasteiger charge is -2.38. The number of nitrogens with one attached hydrogen (secondary N) is 2. The Morgan fingerprint density at radius 3 is 2.48 bits per heavy atom. The molecular weight excluding hydrogens is 316 g/mol. The predicted molar refractivity (Wildman–Crippen MR) is 95.8 cm³/mol. The van der Waals surface area contributed by atoms with Crippen molar-refractivity contribution in [1.29, 1.82) is 0 Å². The van der Waals surface area contributed by atoms with Gasteiger partial charge in [-0.2, -0.15) is 0 Å². The third-order valence-corrected chi connectivity index (χ3v) is 5.49. The highest BCUT2D eigenvalue weighted by Gasteiger charge is 2.42. The molecule has 1 aliphatic heterocycles. The lowest BCUT2D eigenvalue weighted by atomic mass is 9.80. The van der Waals surface area contributed by atoms with Gasteiger partial charge in [-0.1, -0.05) is 25.3 Å². The highest BCUT2D eigenvalue weighted by molar-refractivity contribution is 5.93. The molecule has 2 heterocycles. The molecule has 2 fully saturated rings. The Hall–Kier alpha value is -1.95. The van der Waals surface area contributed by atoms with Gasteiger partial charge in [0, 0.05) is 19.4 Å². The van der Waals surface area contributed by atoms with Crippen LogP contribution in [0, 0.1) is 0 Å². The fourth-order valence-electron chi connectivity index (χ4n) is 4.17. The van der Waals surface area contributed by atoms with Gasteiger partial charge in [0.1, 0.15) is 11.6 Å². The minimum Gasteiger partial charge on any atom is -0.357 e. The minimum absolute atomic E-state index is 0.0769. The summed E-state index contributed by atoms with van der Waals surface area (Å²) < 4.78 is 0. The summed E-state index contributed by atoms with van der Waals surface area (Å²) in [7, 11) is 1.64. The first-order valence-electron chi connectivity index (χ1n) is 9.34. The molecule has 1 aromatic heterocycles. The Bertz CT molecular complexity index is 593. The maximum absolute atomic E-state index is 13.3. The maximum atomic E-state index is 13.3. The predicted octanol–water partition coefficient (Wildman–Crippen LogP) is 1.78. The lowest BCUT2D eigenvalue weighted by Crippen LogP contribution is -2.60. The molecule has 6 nitrogen and oxygen atoms in total. The van der Waals surface area contributed by atoms with Crippen molar-refractivity contribution in [2.45, 2.75) is 56.5 Å². The molecule has 1 atom stereocenters. The van der Waals surface area contributed by atoms with E-state index in [2.05, 4.69) is 20.5 Å². The largest absolute Gasteiger partial charge is 0.357 e. The third kappa shape index (κ3) is 3.84. The van der Waals surface area contributed by atoms with E-state index >= 15 is 0 Å². The van der Waals surface area contributed by atoms with E-state index in [1.165, 1.54) is 0 Å². The van der Waals surface area contributed by atoms with Gasteiger partial charge in [-0.15, -0.1) is 0 Å². The number of likely N-dealkylation sites (N-methyl/N-ethyl adjacent to an activating group) is 1. The number of nitrogens with zero attached hydrogens (tertiary/aromatic N) is 2. The number of carbonyl (C=O) groups is 2. The monoisotopic (exact) mass is 344 g/mol. The van der Waals surface area contributed by atoms with Gasteiger partial charge in [-0.3, -0.25) is 19.5 Å². The summed E-state index contributed by atoms with van der Waals surface area (Å²) >= 11 is 0. The molecule has 2 amide bonds. The van der Waals surface area contributed by atoms with Gasteiger partial charge in [0.05, 0.1) is 0 Å². The number of hydrogen-bond acceptors (Lipinski definition) is 4. The molecule has 136 valence electrons. The number of hydrogen-bond donors (Lipinski definition) is 2. The van der Waals surface area contributed by atoms with E-state index in [0.29, 0.717) is 12.8 Å². The molecular formula is C19H28N4O2. The summed E-state index contributed by atoms with van der Waals surface area (Å²) in [6.07, 6.45) is 10.1. The van der Waals surface area contributed by atoms with Crippen molar-refractivity contribution in [2.75, 3.05) is 20.1 Å². The van der Waals surface area contributed by atoms with Crippen LogP contribution in [0.5, 0.6) is 0 Å². The van der Waals surface area contributed by atoms with Crippen LogP contribution in [0.1, 0.15) is 56.6 Å². The molecule has 0 radical (unpaired) electrons. The summed E-state index contributed by atoms with van der Waals surface area (Å²) in [4.78, 5) is 32.2. The summed E-state index contributed by atoms with van der Waals surface area (Å²) in [6.45, 7) is 1.81. The fourth-order valence-corrected chi connectivity index (χ4v) is 4.17. The molecule has 1 aromatic rings. The van der Waals surface area contributed by atoms with Crippen LogP contribution < -0.4 is 10.6 Å². The van der Waals surface area contributed by atoms with Gasteiger partial charge in [0.15, 0.2) is 0 Å². The van der Waals surface area contributed by atoms with Crippen LogP contribution in [-0.4, -0.2) is 47.4 Å². The summed E-state index contributed by atoms with van der Waals surface area (Å²) in [6, 6.07) is 3.43. The average Bonchev–Trinajstić information content (AvgIpc) is 3.17. The first kappa shape index (κ1) is 17.9. The van der Waals surface area contributed by atoms with Crippen molar-refractivity contribution in [1.82, 2.24) is 20.5 Å². The SMILES string of the molecule is CNC(=O)C1(NC(=O)[C@H](c2cccnc2)N2CCCC2)CCCCC1. The van der Waals surface area contributed by atoms with Crippen LogP contribution in [0.3, 0.4) is 0 Å². The topological polar surface area (TPSA) is 74.3 Å². The zero-order valence-corrected chi connectivity index (χ0v) is 15.0. The molecule has 2 N–H and O–H groups in total. The minimum atomic E-state index is -0.774.